The molecule has 6 heteroatoms. The van der Waals surface area contributed by atoms with Gasteiger partial charge in [0.15, 0.2) is 0 Å². The van der Waals surface area contributed by atoms with Crippen molar-refractivity contribution in [3.8, 4) is 0 Å². The molecule has 20 heavy (non-hydrogen) atoms. The van der Waals surface area contributed by atoms with Crippen molar-refractivity contribution < 1.29 is 8.42 Å². The van der Waals surface area contributed by atoms with Crippen LogP contribution in [0.4, 0.5) is 0 Å². The minimum atomic E-state index is -2.88. The molecule has 1 aromatic carbocycles. The summed E-state index contributed by atoms with van der Waals surface area (Å²) in [6.45, 7) is 1.30. The van der Waals surface area contributed by atoms with E-state index in [0.29, 0.717) is 24.5 Å². The molecule has 4 nitrogen and oxygen atoms in total. The van der Waals surface area contributed by atoms with Crippen LogP contribution in [-0.2, 0) is 16.4 Å². The molecule has 1 N–H and O–H groups in total. The van der Waals surface area contributed by atoms with Crippen molar-refractivity contribution >= 4 is 32.3 Å². The van der Waals surface area contributed by atoms with Crippen LogP contribution in [-0.4, -0.2) is 32.0 Å². The van der Waals surface area contributed by atoms with E-state index in [9.17, 15) is 8.42 Å². The van der Waals surface area contributed by atoms with Crippen molar-refractivity contribution in [1.29, 1.82) is 0 Å². The lowest BCUT2D eigenvalue weighted by atomic mass is 10.1. The highest BCUT2D eigenvalue weighted by molar-refractivity contribution is 7.90. The lowest BCUT2D eigenvalue weighted by molar-refractivity contribution is 0.594. The minimum absolute atomic E-state index is 0.208. The normalized spacial score (nSPS) is 11.9. The number of hydrogen-bond acceptors (Lipinski definition) is 4. The number of pyridine rings is 1. The Morgan fingerprint density at radius 3 is 2.85 bits per heavy atom. The summed E-state index contributed by atoms with van der Waals surface area (Å²) in [7, 11) is -2.88. The van der Waals surface area contributed by atoms with Gasteiger partial charge in [0.05, 0.1) is 11.3 Å². The van der Waals surface area contributed by atoms with Crippen LogP contribution in [0.25, 0.3) is 10.9 Å². The number of hydrogen-bond donors (Lipinski definition) is 1. The van der Waals surface area contributed by atoms with E-state index in [1.807, 2.05) is 24.3 Å². The summed E-state index contributed by atoms with van der Waals surface area (Å²) in [5.74, 6) is 0.208. The molecule has 0 saturated heterocycles. The zero-order valence-electron chi connectivity index (χ0n) is 11.3. The highest BCUT2D eigenvalue weighted by atomic mass is 35.5. The molecular weight excluding hydrogens is 296 g/mol. The molecule has 0 bridgehead atoms. The second kappa shape index (κ2) is 6.52. The topological polar surface area (TPSA) is 59.1 Å². The van der Waals surface area contributed by atoms with Gasteiger partial charge in [0.2, 0.25) is 0 Å². The van der Waals surface area contributed by atoms with Crippen molar-refractivity contribution in [2.24, 2.45) is 0 Å². The largest absolute Gasteiger partial charge is 0.313 e. The number of halogens is 1. The van der Waals surface area contributed by atoms with Crippen LogP contribution in [0.3, 0.4) is 0 Å². The number of fused-ring (bicyclic) bond motifs is 1. The van der Waals surface area contributed by atoms with E-state index < -0.39 is 9.84 Å². The second-order valence-corrected chi connectivity index (χ2v) is 7.43. The molecule has 0 unspecified atom stereocenters. The molecule has 0 radical (unpaired) electrons. The summed E-state index contributed by atoms with van der Waals surface area (Å²) in [6.07, 6.45) is 3.60. The Bertz CT molecular complexity index is 701. The predicted octanol–water partition coefficient (Wildman–Crippen LogP) is 2.41. The first-order valence-corrected chi connectivity index (χ1v) is 8.82. The number of nitrogens with zero attached hydrogens (tertiary/aromatic N) is 1. The number of benzene rings is 1. The smallest absolute Gasteiger partial charge is 0.147 e. The van der Waals surface area contributed by atoms with Crippen LogP contribution in [0.2, 0.25) is 5.02 Å². The zero-order valence-corrected chi connectivity index (χ0v) is 12.8. The Kier molecular flexibility index (Phi) is 4.96. The summed E-state index contributed by atoms with van der Waals surface area (Å²) < 4.78 is 22.0. The SMILES string of the molecule is CS(=O)(=O)CCCNCc1ccc(Cl)c2cccnc12. The Balaban J connectivity index is 1.99. The van der Waals surface area contributed by atoms with Gasteiger partial charge in [-0.05, 0) is 36.7 Å². The first kappa shape index (κ1) is 15.2. The third-order valence-electron chi connectivity index (χ3n) is 2.98. The summed E-state index contributed by atoms with van der Waals surface area (Å²) in [4.78, 5) is 4.36. The van der Waals surface area contributed by atoms with Crippen molar-refractivity contribution in [1.82, 2.24) is 10.3 Å². The fraction of sp³-hybridized carbons (Fsp3) is 0.357. The fourth-order valence-electron chi connectivity index (χ4n) is 2.02. The maximum Gasteiger partial charge on any atom is 0.147 e. The van der Waals surface area contributed by atoms with Gasteiger partial charge in [0.1, 0.15) is 9.84 Å². The minimum Gasteiger partial charge on any atom is -0.313 e. The molecule has 0 aliphatic heterocycles. The van der Waals surface area contributed by atoms with Gasteiger partial charge in [0, 0.05) is 29.4 Å². The molecule has 2 rings (SSSR count). The summed E-state index contributed by atoms with van der Waals surface area (Å²) in [6, 6.07) is 7.61. The molecule has 0 fully saturated rings. The van der Waals surface area contributed by atoms with Gasteiger partial charge >= 0.3 is 0 Å². The van der Waals surface area contributed by atoms with Crippen LogP contribution in [0.1, 0.15) is 12.0 Å². The molecule has 0 aliphatic carbocycles. The first-order chi connectivity index (χ1) is 9.47. The van der Waals surface area contributed by atoms with E-state index in [1.165, 1.54) is 6.26 Å². The summed E-state index contributed by atoms with van der Waals surface area (Å²) in [5.41, 5.74) is 1.94. The highest BCUT2D eigenvalue weighted by Crippen LogP contribution is 2.24. The van der Waals surface area contributed by atoms with Gasteiger partial charge in [-0.25, -0.2) is 8.42 Å². The fourth-order valence-corrected chi connectivity index (χ4v) is 2.91. The molecule has 0 amide bonds. The Morgan fingerprint density at radius 1 is 1.30 bits per heavy atom. The quantitative estimate of drug-likeness (QED) is 0.832. The van der Waals surface area contributed by atoms with E-state index >= 15 is 0 Å². The van der Waals surface area contributed by atoms with Crippen molar-refractivity contribution in [3.63, 3.8) is 0 Å². The Morgan fingerprint density at radius 2 is 2.10 bits per heavy atom. The zero-order chi connectivity index (χ0) is 14.6. The van der Waals surface area contributed by atoms with Crippen LogP contribution in [0.15, 0.2) is 30.5 Å². The summed E-state index contributed by atoms with van der Waals surface area (Å²) >= 11 is 6.14. The maximum atomic E-state index is 11.0. The van der Waals surface area contributed by atoms with E-state index in [4.69, 9.17) is 11.6 Å². The molecule has 0 spiro atoms. The van der Waals surface area contributed by atoms with Gasteiger partial charge < -0.3 is 5.32 Å². The van der Waals surface area contributed by atoms with E-state index in [0.717, 1.165) is 16.5 Å². The third-order valence-corrected chi connectivity index (χ3v) is 4.34. The van der Waals surface area contributed by atoms with Gasteiger partial charge in [0.25, 0.3) is 0 Å². The first-order valence-electron chi connectivity index (χ1n) is 6.38. The Labute approximate surface area is 124 Å². The van der Waals surface area contributed by atoms with Crippen LogP contribution in [0.5, 0.6) is 0 Å². The molecule has 0 aliphatic rings. The van der Waals surface area contributed by atoms with E-state index in [1.54, 1.807) is 6.20 Å². The molecule has 1 heterocycles. The standard InChI is InChI=1S/C14H17ClN2O2S/c1-20(18,19)9-3-7-16-10-11-5-6-13(15)12-4-2-8-17-14(11)12/h2,4-6,8,16H,3,7,9-10H2,1H3. The number of nitrogens with one attached hydrogen (secondary N) is 1. The van der Waals surface area contributed by atoms with E-state index in [-0.39, 0.29) is 5.75 Å². The third kappa shape index (κ3) is 4.16. The monoisotopic (exact) mass is 312 g/mol. The lowest BCUT2D eigenvalue weighted by Crippen LogP contribution is -2.18. The highest BCUT2D eigenvalue weighted by Gasteiger charge is 2.06. The van der Waals surface area contributed by atoms with Crippen LogP contribution >= 0.6 is 11.6 Å². The predicted molar refractivity (Wildman–Crippen MR) is 82.8 cm³/mol. The average Bonchev–Trinajstić information content (AvgIpc) is 2.40. The number of sulfone groups is 1. The summed E-state index contributed by atoms with van der Waals surface area (Å²) in [5, 5.41) is 4.86. The van der Waals surface area contributed by atoms with E-state index in [2.05, 4.69) is 10.3 Å². The van der Waals surface area contributed by atoms with Gasteiger partial charge in [-0.3, -0.25) is 4.98 Å². The number of aromatic nitrogens is 1. The molecule has 108 valence electrons. The molecule has 2 aromatic rings. The molecule has 0 atom stereocenters. The maximum absolute atomic E-state index is 11.0. The number of rotatable bonds is 6. The molecule has 0 saturated carbocycles. The average molecular weight is 313 g/mol. The van der Waals surface area contributed by atoms with Crippen molar-refractivity contribution in [2.75, 3.05) is 18.6 Å². The second-order valence-electron chi connectivity index (χ2n) is 4.77. The van der Waals surface area contributed by atoms with Crippen molar-refractivity contribution in [3.05, 3.63) is 41.0 Å². The molecule has 1 aromatic heterocycles. The Hall–Kier alpha value is -1.17. The molecular formula is C14H17ClN2O2S. The van der Waals surface area contributed by atoms with Gasteiger partial charge in [-0.1, -0.05) is 17.7 Å². The van der Waals surface area contributed by atoms with Crippen LogP contribution < -0.4 is 5.32 Å². The van der Waals surface area contributed by atoms with Gasteiger partial charge in [-0.2, -0.15) is 0 Å². The van der Waals surface area contributed by atoms with Crippen LogP contribution in [0, 0.1) is 0 Å². The lowest BCUT2D eigenvalue weighted by Gasteiger charge is -2.08. The van der Waals surface area contributed by atoms with Gasteiger partial charge in [-0.15, -0.1) is 0 Å². The van der Waals surface area contributed by atoms with Crippen molar-refractivity contribution in [2.45, 2.75) is 13.0 Å².